The van der Waals surface area contributed by atoms with Gasteiger partial charge in [-0.1, -0.05) is 45.9 Å². The molecule has 2 aromatic heterocycles. The quantitative estimate of drug-likeness (QED) is 0.281. The van der Waals surface area contributed by atoms with E-state index in [1.807, 2.05) is 6.92 Å². The zero-order valence-electron chi connectivity index (χ0n) is 33.7. The SMILES string of the molecule is CO[C@H]1C=CO[C@@]2(C)Oc3c(C)c(O)c4c(c3C2=O)-c2nc3cc(C)ccn3c2C(=NC(=O)C(C)=C/C=C/[C@H](C)[C@H](O)[C@@H](C)[C@@H](O)[C@@H](C)[C@H](OC(C)=O)[C@@H]1C)C4=O. The number of carbonyl (C=O) groups excluding carboxylic acids is 4. The number of imidazole rings is 1. The number of benzene rings is 1. The highest BCUT2D eigenvalue weighted by molar-refractivity contribution is 6.56. The zero-order chi connectivity index (χ0) is 41.8. The van der Waals surface area contributed by atoms with E-state index >= 15 is 0 Å². The number of aromatic nitrogens is 2. The number of hydrogen-bond acceptors (Lipinski definition) is 12. The van der Waals surface area contributed by atoms with E-state index in [2.05, 4.69) is 4.99 Å². The van der Waals surface area contributed by atoms with Crippen LogP contribution in [0.1, 0.15) is 86.0 Å². The van der Waals surface area contributed by atoms with Crippen LogP contribution in [0.2, 0.25) is 0 Å². The summed E-state index contributed by atoms with van der Waals surface area (Å²) in [6, 6.07) is 3.57. The summed E-state index contributed by atoms with van der Waals surface area (Å²) in [5.41, 5.74) is 1.26. The molecule has 14 heteroatoms. The molecule has 57 heavy (non-hydrogen) atoms. The first-order chi connectivity index (χ1) is 26.8. The molecule has 4 heterocycles. The minimum atomic E-state index is -1.99. The maximum Gasteiger partial charge on any atom is 0.312 e. The van der Waals surface area contributed by atoms with E-state index in [1.165, 1.54) is 53.2 Å². The van der Waals surface area contributed by atoms with Crippen molar-refractivity contribution in [2.24, 2.45) is 28.7 Å². The Labute approximate surface area is 330 Å². The predicted octanol–water partition coefficient (Wildman–Crippen LogP) is 5.39. The molecule has 9 atom stereocenters. The standard InChI is InChI=1S/C43H49N3O11/c1-19-14-16-46-28(18-19)44-32-29-30-37(50)25(7)40-31(29)41(52)43(9,57-40)55-17-15-27(54-10)22(4)39(56-26(8)47)24(6)36(49)23(5)35(48)20(2)12-11-13-21(3)42(53)45-33(34(32)46)38(30)51/h11-18,20,22-24,27,35-36,39,48-50H,1-10H3/b12-11+,17-15?,21-13?,45-33?/t20-,22+,23+,24+,27-,35-,36+,39+,43-/m0/s1. The lowest BCUT2D eigenvalue weighted by molar-refractivity contribution is -0.160. The molecule has 3 aromatic rings. The topological polar surface area (TPSA) is 196 Å². The molecule has 14 nitrogen and oxygen atoms in total. The maximum absolute atomic E-state index is 14.5. The van der Waals surface area contributed by atoms with Crippen molar-refractivity contribution in [1.29, 1.82) is 0 Å². The molecule has 302 valence electrons. The minimum absolute atomic E-state index is 0.00776. The second-order valence-corrected chi connectivity index (χ2v) is 15.5. The number of aliphatic imine (C=N–C) groups is 1. The second kappa shape index (κ2) is 15.5. The Morgan fingerprint density at radius 1 is 0.965 bits per heavy atom. The fraction of sp³-hybridized carbons (Fsp3) is 0.442. The first kappa shape index (κ1) is 41.2. The number of esters is 1. The van der Waals surface area contributed by atoms with Gasteiger partial charge in [0.1, 0.15) is 40.3 Å². The highest BCUT2D eigenvalue weighted by atomic mass is 16.7. The van der Waals surface area contributed by atoms with Crippen LogP contribution in [0.3, 0.4) is 0 Å². The van der Waals surface area contributed by atoms with E-state index < -0.39 is 83.1 Å². The molecule has 0 radical (unpaired) electrons. The molecule has 0 fully saturated rings. The number of ether oxygens (including phenoxy) is 4. The van der Waals surface area contributed by atoms with Crippen LogP contribution < -0.4 is 4.74 Å². The van der Waals surface area contributed by atoms with Gasteiger partial charge in [-0.2, -0.15) is 0 Å². The number of amides is 1. The molecule has 0 unspecified atom stereocenters. The van der Waals surface area contributed by atoms with E-state index in [1.54, 1.807) is 62.6 Å². The van der Waals surface area contributed by atoms with E-state index in [4.69, 9.17) is 23.9 Å². The van der Waals surface area contributed by atoms with Crippen molar-refractivity contribution in [2.45, 2.75) is 92.5 Å². The third-order valence-corrected chi connectivity index (χ3v) is 11.4. The fourth-order valence-corrected chi connectivity index (χ4v) is 7.96. The molecule has 5 bridgehead atoms. The van der Waals surface area contributed by atoms with Gasteiger partial charge in [0, 0.05) is 67.5 Å². The Balaban J connectivity index is 1.56. The van der Waals surface area contributed by atoms with Gasteiger partial charge in [0.05, 0.1) is 35.7 Å². The van der Waals surface area contributed by atoms with Crippen molar-refractivity contribution < 1.29 is 53.4 Å². The van der Waals surface area contributed by atoms with Gasteiger partial charge in [0.25, 0.3) is 11.7 Å². The van der Waals surface area contributed by atoms with Gasteiger partial charge in [0.15, 0.2) is 0 Å². The van der Waals surface area contributed by atoms with Crippen molar-refractivity contribution in [1.82, 2.24) is 9.38 Å². The Hall–Kier alpha value is -5.44. The number of ketones is 2. The van der Waals surface area contributed by atoms with E-state index in [-0.39, 0.29) is 50.7 Å². The second-order valence-electron chi connectivity index (χ2n) is 15.5. The average Bonchev–Trinajstić information content (AvgIpc) is 3.67. The molecule has 1 aromatic carbocycles. The number of Topliss-reactive ketones (excluding diaryl/α,β-unsaturated/α-hetero) is 2. The fourth-order valence-electron chi connectivity index (χ4n) is 7.96. The summed E-state index contributed by atoms with van der Waals surface area (Å²) in [5, 5.41) is 34.5. The number of allylic oxidation sites excluding steroid dienone is 2. The largest absolute Gasteiger partial charge is 0.507 e. The van der Waals surface area contributed by atoms with Gasteiger partial charge >= 0.3 is 11.8 Å². The molecule has 6 rings (SSSR count). The number of fused-ring (bicyclic) bond motifs is 6. The summed E-state index contributed by atoms with van der Waals surface area (Å²) in [6.45, 7) is 14.5. The van der Waals surface area contributed by atoms with Crippen LogP contribution in [0, 0.1) is 37.5 Å². The Bertz CT molecular complexity index is 2300. The number of nitrogens with zero attached hydrogens (tertiary/aromatic N) is 3. The van der Waals surface area contributed by atoms with Gasteiger partial charge in [-0.05, 0) is 44.5 Å². The molecule has 2 aliphatic heterocycles. The first-order valence-electron chi connectivity index (χ1n) is 18.9. The number of hydrogen-bond donors (Lipinski definition) is 3. The Kier molecular flexibility index (Phi) is 11.2. The normalized spacial score (nSPS) is 30.0. The molecule has 3 N–H and O–H groups in total. The summed E-state index contributed by atoms with van der Waals surface area (Å²) in [7, 11) is 1.45. The summed E-state index contributed by atoms with van der Waals surface area (Å²) >= 11 is 0. The lowest BCUT2D eigenvalue weighted by Crippen LogP contribution is -2.46. The first-order valence-corrected chi connectivity index (χ1v) is 18.9. The molecular weight excluding hydrogens is 734 g/mol. The van der Waals surface area contributed by atoms with Crippen molar-refractivity contribution in [3.63, 3.8) is 0 Å². The number of carbonyl (C=O) groups is 4. The minimum Gasteiger partial charge on any atom is -0.507 e. The molecule has 1 amide bonds. The number of aliphatic hydroxyl groups excluding tert-OH is 2. The van der Waals surface area contributed by atoms with Crippen LogP contribution in [0.4, 0.5) is 0 Å². The number of phenols is 1. The van der Waals surface area contributed by atoms with E-state index in [0.29, 0.717) is 5.65 Å². The third-order valence-electron chi connectivity index (χ3n) is 11.4. The molecule has 0 saturated heterocycles. The number of phenolic OH excluding ortho intramolecular Hbond substituents is 1. The highest BCUT2D eigenvalue weighted by Crippen LogP contribution is 2.52. The Morgan fingerprint density at radius 3 is 2.33 bits per heavy atom. The van der Waals surface area contributed by atoms with Crippen molar-refractivity contribution in [2.75, 3.05) is 7.11 Å². The van der Waals surface area contributed by atoms with Gasteiger partial charge < -0.3 is 34.3 Å². The van der Waals surface area contributed by atoms with Crippen LogP contribution in [-0.4, -0.2) is 91.2 Å². The van der Waals surface area contributed by atoms with E-state index in [0.717, 1.165) is 5.56 Å². The van der Waals surface area contributed by atoms with Gasteiger partial charge in [0.2, 0.25) is 5.78 Å². The summed E-state index contributed by atoms with van der Waals surface area (Å²) in [5.74, 6) is -7.67. The molecular formula is C43H49N3O11. The third kappa shape index (κ3) is 7.10. The summed E-state index contributed by atoms with van der Waals surface area (Å²) in [4.78, 5) is 64.2. The summed E-state index contributed by atoms with van der Waals surface area (Å²) in [6.07, 6.45) is 5.38. The van der Waals surface area contributed by atoms with Gasteiger partial charge in [-0.3, -0.25) is 23.6 Å². The van der Waals surface area contributed by atoms with Gasteiger partial charge in [-0.15, -0.1) is 0 Å². The smallest absolute Gasteiger partial charge is 0.312 e. The predicted molar refractivity (Wildman–Crippen MR) is 209 cm³/mol. The lowest BCUT2D eigenvalue weighted by Gasteiger charge is -2.38. The van der Waals surface area contributed by atoms with Crippen molar-refractivity contribution in [3.8, 4) is 22.8 Å². The van der Waals surface area contributed by atoms with Crippen LogP contribution in [0.5, 0.6) is 11.5 Å². The molecule has 1 aliphatic carbocycles. The number of aromatic hydroxyl groups is 1. The highest BCUT2D eigenvalue weighted by Gasteiger charge is 2.52. The Morgan fingerprint density at radius 2 is 1.67 bits per heavy atom. The monoisotopic (exact) mass is 783 g/mol. The number of pyridine rings is 1. The van der Waals surface area contributed by atoms with Gasteiger partial charge in [-0.25, -0.2) is 9.98 Å². The summed E-state index contributed by atoms with van der Waals surface area (Å²) < 4.78 is 25.4. The number of methoxy groups -OCH3 is 1. The molecule has 0 saturated carbocycles. The lowest BCUT2D eigenvalue weighted by atomic mass is 9.78. The molecule has 3 aliphatic rings. The number of aliphatic hydroxyl groups is 2. The van der Waals surface area contributed by atoms with Crippen LogP contribution in [-0.2, 0) is 23.8 Å². The number of aryl methyl sites for hydroxylation is 1. The zero-order valence-corrected chi connectivity index (χ0v) is 33.7. The van der Waals surface area contributed by atoms with Crippen molar-refractivity contribution >= 4 is 34.8 Å². The van der Waals surface area contributed by atoms with Crippen LogP contribution in [0.25, 0.3) is 16.9 Å². The number of rotatable bonds is 2. The van der Waals surface area contributed by atoms with Crippen LogP contribution in [0.15, 0.2) is 59.5 Å². The maximum atomic E-state index is 14.5. The van der Waals surface area contributed by atoms with E-state index in [9.17, 15) is 34.5 Å². The molecule has 0 spiro atoms. The van der Waals surface area contributed by atoms with Crippen LogP contribution >= 0.6 is 0 Å². The van der Waals surface area contributed by atoms with Crippen molar-refractivity contribution in [3.05, 3.63) is 82.4 Å². The average molecular weight is 784 g/mol.